The molecule has 0 fully saturated rings. The second-order valence-corrected chi connectivity index (χ2v) is 6.90. The van der Waals surface area contributed by atoms with Gasteiger partial charge in [-0.25, -0.2) is 4.39 Å². The lowest BCUT2D eigenvalue weighted by molar-refractivity contribution is 0.624. The first-order chi connectivity index (χ1) is 12.0. The van der Waals surface area contributed by atoms with Crippen LogP contribution in [0.4, 0.5) is 4.39 Å². The van der Waals surface area contributed by atoms with Gasteiger partial charge in [0.05, 0.1) is 11.3 Å². The molecule has 0 saturated carbocycles. The molecule has 1 aliphatic rings. The van der Waals surface area contributed by atoms with Crippen molar-refractivity contribution in [1.29, 1.82) is 10.7 Å². The van der Waals surface area contributed by atoms with Crippen LogP contribution in [0, 0.1) is 29.5 Å². The first kappa shape index (κ1) is 16.9. The van der Waals surface area contributed by atoms with Gasteiger partial charge < -0.3 is 10.7 Å². The van der Waals surface area contributed by atoms with E-state index in [1.807, 2.05) is 31.2 Å². The molecule has 25 heavy (non-hydrogen) atoms. The molecule has 0 amide bonds. The monoisotopic (exact) mass is 349 g/mol. The summed E-state index contributed by atoms with van der Waals surface area (Å²) in [6, 6.07) is 8.56. The largest absolute Gasteiger partial charge is 0.393 e. The maximum absolute atomic E-state index is 14.0. The molecule has 0 saturated heterocycles. The van der Waals surface area contributed by atoms with Gasteiger partial charge in [-0.2, -0.15) is 5.26 Å². The highest BCUT2D eigenvalue weighted by atomic mass is 32.1. The molecular weight excluding hydrogens is 333 g/mol. The number of nitrogens with one attached hydrogen (secondary N) is 2. The number of aryl methyl sites for hydroxylation is 1. The molecule has 3 nitrogen and oxygen atoms in total. The Labute approximate surface area is 149 Å². The van der Waals surface area contributed by atoms with Gasteiger partial charge in [0.1, 0.15) is 11.9 Å². The zero-order valence-corrected chi connectivity index (χ0v) is 14.7. The zero-order chi connectivity index (χ0) is 18.0. The lowest BCUT2D eigenvalue weighted by Gasteiger charge is -2.12. The number of halogens is 1. The van der Waals surface area contributed by atoms with Crippen molar-refractivity contribution < 1.29 is 4.39 Å². The van der Waals surface area contributed by atoms with Crippen molar-refractivity contribution in [3.63, 3.8) is 0 Å². The van der Waals surface area contributed by atoms with E-state index in [1.165, 1.54) is 12.1 Å². The van der Waals surface area contributed by atoms with E-state index in [2.05, 4.69) is 5.32 Å². The summed E-state index contributed by atoms with van der Waals surface area (Å²) in [4.78, 5) is 2.14. The van der Waals surface area contributed by atoms with Crippen LogP contribution in [0.15, 0.2) is 54.3 Å². The second kappa shape index (κ2) is 6.88. The standard InChI is InChI=1S/C20H16FN3S/c1-12-7-17(13-3-4-15(10-22)18(21)9-13)20(25-12)14-5-6-19(23)16(8-14)11-24-2/h3-9,11,23-24H,1-2H3/b16-11-,23-19?. The van der Waals surface area contributed by atoms with E-state index in [1.54, 1.807) is 36.7 Å². The van der Waals surface area contributed by atoms with Crippen molar-refractivity contribution in [1.82, 2.24) is 5.32 Å². The first-order valence-corrected chi connectivity index (χ1v) is 8.52. The van der Waals surface area contributed by atoms with E-state index in [9.17, 15) is 4.39 Å². The molecule has 0 radical (unpaired) electrons. The average molecular weight is 349 g/mol. The van der Waals surface area contributed by atoms with Gasteiger partial charge in [0.25, 0.3) is 0 Å². The topological polar surface area (TPSA) is 59.7 Å². The molecule has 0 unspecified atom stereocenters. The Hall–Kier alpha value is -2.97. The van der Waals surface area contributed by atoms with Gasteiger partial charge in [-0.15, -0.1) is 11.3 Å². The number of hydrogen-bond acceptors (Lipinski definition) is 4. The molecule has 0 aliphatic heterocycles. The highest BCUT2D eigenvalue weighted by Gasteiger charge is 2.16. The molecule has 0 atom stereocenters. The Kier molecular flexibility index (Phi) is 4.64. The lowest BCUT2D eigenvalue weighted by Crippen LogP contribution is -2.05. The van der Waals surface area contributed by atoms with Crippen LogP contribution in [0.1, 0.15) is 15.3 Å². The van der Waals surface area contributed by atoms with Gasteiger partial charge in [-0.1, -0.05) is 12.1 Å². The third kappa shape index (κ3) is 3.30. The van der Waals surface area contributed by atoms with Gasteiger partial charge in [0.15, 0.2) is 0 Å². The van der Waals surface area contributed by atoms with E-state index in [0.29, 0.717) is 5.71 Å². The van der Waals surface area contributed by atoms with Crippen molar-refractivity contribution in [2.45, 2.75) is 6.92 Å². The third-order valence-corrected chi connectivity index (χ3v) is 4.97. The highest BCUT2D eigenvalue weighted by molar-refractivity contribution is 7.13. The first-order valence-electron chi connectivity index (χ1n) is 7.70. The van der Waals surface area contributed by atoms with Crippen LogP contribution in [0.3, 0.4) is 0 Å². The number of thiophene rings is 1. The maximum atomic E-state index is 14.0. The zero-order valence-electron chi connectivity index (χ0n) is 13.9. The summed E-state index contributed by atoms with van der Waals surface area (Å²) in [5, 5.41) is 19.8. The molecular formula is C20H16FN3S. The van der Waals surface area contributed by atoms with E-state index >= 15 is 0 Å². The fraction of sp³-hybridized carbons (Fsp3) is 0.100. The molecule has 1 aliphatic carbocycles. The van der Waals surface area contributed by atoms with Crippen LogP contribution in [-0.2, 0) is 0 Å². The minimum Gasteiger partial charge on any atom is -0.393 e. The molecule has 0 bridgehead atoms. The normalized spacial score (nSPS) is 15.2. The fourth-order valence-corrected chi connectivity index (χ4v) is 3.73. The predicted octanol–water partition coefficient (Wildman–Crippen LogP) is 4.81. The number of rotatable bonds is 3. The molecule has 1 heterocycles. The Bertz CT molecular complexity index is 987. The summed E-state index contributed by atoms with van der Waals surface area (Å²) >= 11 is 1.63. The van der Waals surface area contributed by atoms with Crippen molar-refractivity contribution in [3.05, 3.63) is 75.4 Å². The minimum absolute atomic E-state index is 0.0433. The second-order valence-electron chi connectivity index (χ2n) is 5.64. The summed E-state index contributed by atoms with van der Waals surface area (Å²) in [6.07, 6.45) is 7.40. The minimum atomic E-state index is -0.513. The average Bonchev–Trinajstić information content (AvgIpc) is 2.99. The van der Waals surface area contributed by atoms with Crippen LogP contribution in [0.2, 0.25) is 0 Å². The van der Waals surface area contributed by atoms with Gasteiger partial charge in [0, 0.05) is 34.1 Å². The summed E-state index contributed by atoms with van der Waals surface area (Å²) < 4.78 is 14.0. The molecule has 0 spiro atoms. The molecule has 5 heteroatoms. The summed E-state index contributed by atoms with van der Waals surface area (Å²) in [6.45, 7) is 2.01. The van der Waals surface area contributed by atoms with Crippen LogP contribution in [-0.4, -0.2) is 12.8 Å². The van der Waals surface area contributed by atoms with Crippen LogP contribution >= 0.6 is 11.3 Å². The van der Waals surface area contributed by atoms with Gasteiger partial charge in [-0.05, 0) is 48.4 Å². The van der Waals surface area contributed by atoms with Gasteiger partial charge in [-0.3, -0.25) is 0 Å². The number of benzene rings is 1. The number of nitriles is 1. The summed E-state index contributed by atoms with van der Waals surface area (Å²) in [5.41, 5.74) is 3.93. The molecule has 3 rings (SSSR count). The van der Waals surface area contributed by atoms with Crippen molar-refractivity contribution >= 4 is 22.6 Å². The SMILES string of the molecule is CN/C=C1/C=C(c2sc(C)cc2-c2ccc(C#N)c(F)c2)C=CC1=N. The summed E-state index contributed by atoms with van der Waals surface area (Å²) in [5.74, 6) is -0.513. The quantitative estimate of drug-likeness (QED) is 0.835. The molecule has 124 valence electrons. The molecule has 1 aromatic heterocycles. The van der Waals surface area contributed by atoms with Crippen LogP contribution < -0.4 is 5.32 Å². The molecule has 2 aromatic rings. The number of allylic oxidation sites excluding steroid dienone is 5. The Morgan fingerprint density at radius 1 is 1.28 bits per heavy atom. The van der Waals surface area contributed by atoms with E-state index in [0.717, 1.165) is 32.0 Å². The Morgan fingerprint density at radius 3 is 2.76 bits per heavy atom. The van der Waals surface area contributed by atoms with Crippen LogP contribution in [0.25, 0.3) is 16.7 Å². The molecule has 1 aromatic carbocycles. The summed E-state index contributed by atoms with van der Waals surface area (Å²) in [7, 11) is 1.80. The van der Waals surface area contributed by atoms with Crippen molar-refractivity contribution in [3.8, 4) is 17.2 Å². The van der Waals surface area contributed by atoms with Crippen LogP contribution in [0.5, 0.6) is 0 Å². The highest BCUT2D eigenvalue weighted by Crippen LogP contribution is 2.38. The van der Waals surface area contributed by atoms with E-state index < -0.39 is 5.82 Å². The maximum Gasteiger partial charge on any atom is 0.141 e. The fourth-order valence-electron chi connectivity index (χ4n) is 2.70. The number of nitrogens with zero attached hydrogens (tertiary/aromatic N) is 1. The van der Waals surface area contributed by atoms with E-state index in [-0.39, 0.29) is 5.56 Å². The van der Waals surface area contributed by atoms with Crippen molar-refractivity contribution in [2.24, 2.45) is 0 Å². The van der Waals surface area contributed by atoms with E-state index in [4.69, 9.17) is 10.7 Å². The Balaban J connectivity index is 2.11. The smallest absolute Gasteiger partial charge is 0.141 e. The Morgan fingerprint density at radius 2 is 2.08 bits per heavy atom. The van der Waals surface area contributed by atoms with Gasteiger partial charge in [0.2, 0.25) is 0 Å². The van der Waals surface area contributed by atoms with Gasteiger partial charge >= 0.3 is 0 Å². The lowest BCUT2D eigenvalue weighted by atomic mass is 9.95. The van der Waals surface area contributed by atoms with Crippen molar-refractivity contribution in [2.75, 3.05) is 7.05 Å². The predicted molar refractivity (Wildman–Crippen MR) is 101 cm³/mol. The molecule has 2 N–H and O–H groups in total. The third-order valence-electron chi connectivity index (χ3n) is 3.87. The number of hydrogen-bond donors (Lipinski definition) is 2.